The normalized spacial score (nSPS) is 25.4. The molecule has 3 atom stereocenters. The van der Waals surface area contributed by atoms with Gasteiger partial charge in [0.2, 0.25) is 0 Å². The fourth-order valence-electron chi connectivity index (χ4n) is 4.68. The summed E-state index contributed by atoms with van der Waals surface area (Å²) in [5.41, 5.74) is 1.61. The highest BCUT2D eigenvalue weighted by atomic mass is 79.9. The van der Waals surface area contributed by atoms with Gasteiger partial charge in [-0.05, 0) is 22.4 Å². The Hall–Kier alpha value is -2.51. The van der Waals surface area contributed by atoms with Crippen LogP contribution < -0.4 is 4.90 Å². The number of aromatic nitrogens is 2. The molecule has 1 amide bonds. The van der Waals surface area contributed by atoms with E-state index in [9.17, 15) is 15.2 Å². The van der Waals surface area contributed by atoms with Gasteiger partial charge in [-0.2, -0.15) is 5.26 Å². The van der Waals surface area contributed by atoms with Crippen LogP contribution in [0.1, 0.15) is 30.1 Å². The molecule has 8 nitrogen and oxygen atoms in total. The number of amides is 1. The number of nitriles is 1. The molecule has 0 aliphatic carbocycles. The minimum Gasteiger partial charge on any atom is -0.465 e. The summed E-state index contributed by atoms with van der Waals surface area (Å²) in [6.45, 7) is 1.10. The number of anilines is 1. The van der Waals surface area contributed by atoms with E-state index in [4.69, 9.17) is 4.74 Å². The van der Waals surface area contributed by atoms with Crippen molar-refractivity contribution in [3.05, 3.63) is 27.7 Å². The third-order valence-corrected chi connectivity index (χ3v) is 6.70. The standard InChI is InChI=1S/C18H15BrFN5O3/c19-14-10-6-28-11(1-2-21)12(10)13-16(15(14)20)22-7-23-17(13)24-4-9-3-8(24)5-25(9)18(26)27/h7-9,11H,1,3-6H2,(H,26,27). The summed E-state index contributed by atoms with van der Waals surface area (Å²) in [4.78, 5) is 23.5. The van der Waals surface area contributed by atoms with Gasteiger partial charge in [0.15, 0.2) is 5.82 Å². The molecule has 4 heterocycles. The molecule has 3 aliphatic heterocycles. The summed E-state index contributed by atoms with van der Waals surface area (Å²) < 4.78 is 21.1. The van der Waals surface area contributed by atoms with Crippen molar-refractivity contribution in [2.75, 3.05) is 18.0 Å². The largest absolute Gasteiger partial charge is 0.465 e. The average Bonchev–Trinajstić information content (AvgIpc) is 3.40. The zero-order chi connectivity index (χ0) is 19.6. The van der Waals surface area contributed by atoms with Gasteiger partial charge >= 0.3 is 6.09 Å². The molecule has 1 N–H and O–H groups in total. The third kappa shape index (κ3) is 2.32. The first kappa shape index (κ1) is 17.6. The molecule has 3 unspecified atom stereocenters. The number of hydrogen-bond donors (Lipinski definition) is 1. The van der Waals surface area contributed by atoms with Crippen molar-refractivity contribution < 1.29 is 19.0 Å². The molecule has 28 heavy (non-hydrogen) atoms. The van der Waals surface area contributed by atoms with E-state index in [0.29, 0.717) is 34.3 Å². The van der Waals surface area contributed by atoms with E-state index in [0.717, 1.165) is 12.0 Å². The van der Waals surface area contributed by atoms with Crippen LogP contribution in [-0.4, -0.2) is 51.2 Å². The van der Waals surface area contributed by atoms with E-state index in [-0.39, 0.29) is 30.6 Å². The van der Waals surface area contributed by atoms with Crippen LogP contribution in [0.2, 0.25) is 0 Å². The molecule has 0 spiro atoms. The number of likely N-dealkylation sites (tertiary alicyclic amines) is 1. The highest BCUT2D eigenvalue weighted by Crippen LogP contribution is 2.47. The Morgan fingerprint density at radius 1 is 1.43 bits per heavy atom. The van der Waals surface area contributed by atoms with Crippen molar-refractivity contribution in [1.29, 1.82) is 5.26 Å². The number of fused-ring (bicyclic) bond motifs is 5. The van der Waals surface area contributed by atoms with Crippen LogP contribution >= 0.6 is 15.9 Å². The van der Waals surface area contributed by atoms with E-state index < -0.39 is 18.0 Å². The molecule has 5 rings (SSSR count). The van der Waals surface area contributed by atoms with Gasteiger partial charge in [0.25, 0.3) is 0 Å². The van der Waals surface area contributed by atoms with Crippen molar-refractivity contribution in [1.82, 2.24) is 14.9 Å². The summed E-state index contributed by atoms with van der Waals surface area (Å²) >= 11 is 3.31. The summed E-state index contributed by atoms with van der Waals surface area (Å²) in [6.07, 6.45) is 0.803. The van der Waals surface area contributed by atoms with Gasteiger partial charge in [0.05, 0.1) is 47.1 Å². The van der Waals surface area contributed by atoms with Crippen LogP contribution in [0.15, 0.2) is 10.8 Å². The molecule has 2 bridgehead atoms. The smallest absolute Gasteiger partial charge is 0.407 e. The van der Waals surface area contributed by atoms with Crippen LogP contribution in [-0.2, 0) is 11.3 Å². The number of piperazine rings is 1. The molecule has 10 heteroatoms. The summed E-state index contributed by atoms with van der Waals surface area (Å²) in [6, 6.07) is 2.00. The molecule has 2 saturated heterocycles. The van der Waals surface area contributed by atoms with Gasteiger partial charge in [-0.1, -0.05) is 0 Å². The zero-order valence-corrected chi connectivity index (χ0v) is 16.2. The highest BCUT2D eigenvalue weighted by Gasteiger charge is 2.47. The molecule has 0 saturated carbocycles. The van der Waals surface area contributed by atoms with Crippen LogP contribution in [0.4, 0.5) is 15.0 Å². The molecular formula is C18H15BrFN5O3. The van der Waals surface area contributed by atoms with Gasteiger partial charge in [0, 0.05) is 24.2 Å². The average molecular weight is 448 g/mol. The van der Waals surface area contributed by atoms with Gasteiger partial charge in [-0.15, -0.1) is 0 Å². The lowest BCUT2D eigenvalue weighted by Crippen LogP contribution is -2.48. The van der Waals surface area contributed by atoms with Crippen LogP contribution in [0, 0.1) is 17.1 Å². The number of carbonyl (C=O) groups is 1. The van der Waals surface area contributed by atoms with E-state index in [1.165, 1.54) is 11.2 Å². The first-order valence-electron chi connectivity index (χ1n) is 8.90. The van der Waals surface area contributed by atoms with Gasteiger partial charge in [-0.25, -0.2) is 19.2 Å². The second-order valence-corrected chi connectivity index (χ2v) is 8.03. The molecule has 3 aliphatic rings. The minimum absolute atomic E-state index is 0.0155. The fourth-order valence-corrected chi connectivity index (χ4v) is 5.20. The Morgan fingerprint density at radius 3 is 2.93 bits per heavy atom. The zero-order valence-electron chi connectivity index (χ0n) is 14.6. The molecule has 1 aromatic heterocycles. The van der Waals surface area contributed by atoms with Crippen molar-refractivity contribution in [3.63, 3.8) is 0 Å². The van der Waals surface area contributed by atoms with Gasteiger partial charge < -0.3 is 19.6 Å². The van der Waals surface area contributed by atoms with Crippen molar-refractivity contribution in [2.45, 2.75) is 37.6 Å². The van der Waals surface area contributed by atoms with Crippen molar-refractivity contribution in [2.24, 2.45) is 0 Å². The molecule has 144 valence electrons. The second kappa shape index (κ2) is 6.25. The lowest BCUT2D eigenvalue weighted by atomic mass is 9.97. The number of rotatable bonds is 2. The Kier molecular flexibility index (Phi) is 3.93. The molecule has 2 fully saturated rings. The maximum Gasteiger partial charge on any atom is 0.407 e. The van der Waals surface area contributed by atoms with Gasteiger partial charge in [-0.3, -0.25) is 0 Å². The summed E-state index contributed by atoms with van der Waals surface area (Å²) in [5.74, 6) is 0.105. The number of benzene rings is 1. The Labute approximate surface area is 167 Å². The first-order chi connectivity index (χ1) is 13.5. The van der Waals surface area contributed by atoms with E-state index in [1.54, 1.807) is 0 Å². The van der Waals surface area contributed by atoms with E-state index in [2.05, 4.69) is 32.0 Å². The number of nitrogens with zero attached hydrogens (tertiary/aromatic N) is 5. The lowest BCUT2D eigenvalue weighted by Gasteiger charge is -2.34. The van der Waals surface area contributed by atoms with Crippen molar-refractivity contribution >= 4 is 38.7 Å². The maximum atomic E-state index is 15.0. The Morgan fingerprint density at radius 2 is 2.25 bits per heavy atom. The molecule has 2 aromatic rings. The predicted octanol–water partition coefficient (Wildman–Crippen LogP) is 2.96. The fraction of sp³-hybridized carbons (Fsp3) is 0.444. The SMILES string of the molecule is N#CCC1OCc2c(Br)c(F)c3ncnc(N4CC5CC4CN5C(=O)O)c3c21. The van der Waals surface area contributed by atoms with E-state index in [1.807, 2.05) is 4.90 Å². The molecule has 1 aromatic carbocycles. The van der Waals surface area contributed by atoms with Crippen LogP contribution in [0.5, 0.6) is 0 Å². The van der Waals surface area contributed by atoms with Crippen LogP contribution in [0.3, 0.4) is 0 Å². The monoisotopic (exact) mass is 447 g/mol. The van der Waals surface area contributed by atoms with Crippen molar-refractivity contribution in [3.8, 4) is 6.07 Å². The number of ether oxygens (including phenoxy) is 1. The predicted molar refractivity (Wildman–Crippen MR) is 99.2 cm³/mol. The van der Waals surface area contributed by atoms with Crippen LogP contribution in [0.25, 0.3) is 10.9 Å². The first-order valence-corrected chi connectivity index (χ1v) is 9.69. The van der Waals surface area contributed by atoms with E-state index >= 15 is 4.39 Å². The quantitative estimate of drug-likeness (QED) is 0.754. The van der Waals surface area contributed by atoms with Gasteiger partial charge in [0.1, 0.15) is 17.7 Å². The minimum atomic E-state index is -0.918. The third-order valence-electron chi connectivity index (χ3n) is 5.87. The molecular weight excluding hydrogens is 433 g/mol. The number of halogens is 2. The Balaban J connectivity index is 1.68. The second-order valence-electron chi connectivity index (χ2n) is 7.23. The lowest BCUT2D eigenvalue weighted by molar-refractivity contribution is 0.0700. The maximum absolute atomic E-state index is 15.0. The molecule has 0 radical (unpaired) electrons. The number of carboxylic acid groups (broad SMARTS) is 1. The topological polar surface area (TPSA) is 103 Å². The highest BCUT2D eigenvalue weighted by molar-refractivity contribution is 9.10. The number of hydrogen-bond acceptors (Lipinski definition) is 6. The summed E-state index contributed by atoms with van der Waals surface area (Å²) in [5, 5.41) is 19.1. The Bertz CT molecular complexity index is 1060. The summed E-state index contributed by atoms with van der Waals surface area (Å²) in [7, 11) is 0.